The van der Waals surface area contributed by atoms with Crippen LogP contribution in [0.1, 0.15) is 0 Å². The van der Waals surface area contributed by atoms with Crippen molar-refractivity contribution < 1.29 is 14.1 Å². The average molecular weight is 234 g/mol. The first-order valence-corrected chi connectivity index (χ1v) is 5.81. The molecule has 0 fully saturated rings. The predicted molar refractivity (Wildman–Crippen MR) is 63.2 cm³/mol. The van der Waals surface area contributed by atoms with Crippen molar-refractivity contribution in [3.05, 3.63) is 42.4 Å². The van der Waals surface area contributed by atoms with Crippen LogP contribution in [0.5, 0.6) is 0 Å². The van der Waals surface area contributed by atoms with Crippen molar-refractivity contribution in [1.82, 2.24) is 0 Å². The molecule has 1 aromatic heterocycles. The Labute approximate surface area is 97.6 Å². The first-order chi connectivity index (χ1) is 7.81. The molecule has 0 bridgehead atoms. The SMILES string of the molecule is C=CCOC(=O)C[n+]1csc2ccccc21. The van der Waals surface area contributed by atoms with Gasteiger partial charge >= 0.3 is 5.97 Å². The lowest BCUT2D eigenvalue weighted by Crippen LogP contribution is -2.37. The van der Waals surface area contributed by atoms with Gasteiger partial charge in [0.25, 0.3) is 0 Å². The molecule has 0 aliphatic heterocycles. The van der Waals surface area contributed by atoms with Gasteiger partial charge in [-0.25, -0.2) is 4.79 Å². The van der Waals surface area contributed by atoms with E-state index < -0.39 is 0 Å². The second-order valence-electron chi connectivity index (χ2n) is 3.29. The number of para-hydroxylation sites is 1. The standard InChI is InChI=1S/C12H12NO2S/c1-2-7-15-12(14)8-13-9-16-11-6-4-3-5-10(11)13/h2-6,9H,1,7-8H2/q+1. The Hall–Kier alpha value is -1.68. The normalized spacial score (nSPS) is 10.2. The van der Waals surface area contributed by atoms with Gasteiger partial charge in [-0.15, -0.1) is 0 Å². The number of benzene rings is 1. The third kappa shape index (κ3) is 2.28. The van der Waals surface area contributed by atoms with E-state index in [2.05, 4.69) is 6.58 Å². The van der Waals surface area contributed by atoms with Crippen LogP contribution in [-0.4, -0.2) is 12.6 Å². The largest absolute Gasteiger partial charge is 0.457 e. The first-order valence-electron chi connectivity index (χ1n) is 4.93. The van der Waals surface area contributed by atoms with E-state index in [4.69, 9.17) is 4.74 Å². The van der Waals surface area contributed by atoms with Crippen LogP contribution < -0.4 is 4.57 Å². The van der Waals surface area contributed by atoms with Gasteiger partial charge in [0.2, 0.25) is 17.6 Å². The summed E-state index contributed by atoms with van der Waals surface area (Å²) in [7, 11) is 0. The van der Waals surface area contributed by atoms with Crippen molar-refractivity contribution in [2.45, 2.75) is 6.54 Å². The summed E-state index contributed by atoms with van der Waals surface area (Å²) in [5, 5.41) is 0. The molecule has 0 atom stereocenters. The van der Waals surface area contributed by atoms with E-state index in [1.54, 1.807) is 17.4 Å². The number of carbonyl (C=O) groups is 1. The number of nitrogens with zero attached hydrogens (tertiary/aromatic N) is 1. The molecule has 0 radical (unpaired) electrons. The highest BCUT2D eigenvalue weighted by Crippen LogP contribution is 2.14. The van der Waals surface area contributed by atoms with Gasteiger partial charge in [-0.3, -0.25) is 0 Å². The number of rotatable bonds is 4. The monoisotopic (exact) mass is 234 g/mol. The summed E-state index contributed by atoms with van der Waals surface area (Å²) in [5.74, 6) is -0.242. The number of esters is 1. The van der Waals surface area contributed by atoms with Crippen LogP contribution in [0.25, 0.3) is 10.2 Å². The van der Waals surface area contributed by atoms with Crippen LogP contribution in [0.4, 0.5) is 0 Å². The Kier molecular flexibility index (Phi) is 3.31. The second kappa shape index (κ2) is 4.90. The van der Waals surface area contributed by atoms with Gasteiger partial charge in [-0.1, -0.05) is 36.1 Å². The van der Waals surface area contributed by atoms with Gasteiger partial charge in [-0.2, -0.15) is 4.57 Å². The minimum absolute atomic E-state index is 0.242. The van der Waals surface area contributed by atoms with E-state index in [9.17, 15) is 4.79 Å². The summed E-state index contributed by atoms with van der Waals surface area (Å²) in [6.45, 7) is 4.01. The molecule has 4 heteroatoms. The Balaban J connectivity index is 2.15. The highest BCUT2D eigenvalue weighted by molar-refractivity contribution is 7.16. The Morgan fingerprint density at radius 2 is 2.31 bits per heavy atom. The molecule has 1 aromatic carbocycles. The fourth-order valence-electron chi connectivity index (χ4n) is 1.43. The summed E-state index contributed by atoms with van der Waals surface area (Å²) in [5.41, 5.74) is 2.99. The summed E-state index contributed by atoms with van der Waals surface area (Å²) >= 11 is 1.61. The Morgan fingerprint density at radius 3 is 3.12 bits per heavy atom. The molecule has 1 heterocycles. The number of fused-ring (bicyclic) bond motifs is 1. The fraction of sp³-hybridized carbons (Fsp3) is 0.167. The third-order valence-electron chi connectivity index (χ3n) is 2.14. The second-order valence-corrected chi connectivity index (χ2v) is 4.18. The molecule has 0 saturated carbocycles. The molecule has 0 unspecified atom stereocenters. The first kappa shape index (κ1) is 10.8. The van der Waals surface area contributed by atoms with Crippen LogP contribution in [-0.2, 0) is 16.1 Å². The molecule has 0 spiro atoms. The van der Waals surface area contributed by atoms with E-state index in [0.717, 1.165) is 5.52 Å². The maximum Gasteiger partial charge on any atom is 0.373 e. The fourth-order valence-corrected chi connectivity index (χ4v) is 2.32. The van der Waals surface area contributed by atoms with Gasteiger partial charge in [0.15, 0.2) is 0 Å². The van der Waals surface area contributed by atoms with Crippen LogP contribution in [0.15, 0.2) is 42.4 Å². The zero-order valence-corrected chi connectivity index (χ0v) is 9.57. The lowest BCUT2D eigenvalue weighted by atomic mass is 10.3. The molecule has 2 aromatic rings. The smallest absolute Gasteiger partial charge is 0.373 e. The van der Waals surface area contributed by atoms with Crippen molar-refractivity contribution >= 4 is 27.5 Å². The molecule has 0 N–H and O–H groups in total. The van der Waals surface area contributed by atoms with Crippen molar-refractivity contribution in [1.29, 1.82) is 0 Å². The molecule has 3 nitrogen and oxygen atoms in total. The molecule has 0 aliphatic rings. The number of aromatic nitrogens is 1. The third-order valence-corrected chi connectivity index (χ3v) is 3.10. The van der Waals surface area contributed by atoms with Gasteiger partial charge < -0.3 is 4.74 Å². The van der Waals surface area contributed by atoms with Gasteiger partial charge in [-0.05, 0) is 6.07 Å². The highest BCUT2D eigenvalue weighted by atomic mass is 32.1. The van der Waals surface area contributed by atoms with Gasteiger partial charge in [0, 0.05) is 6.07 Å². The minimum atomic E-state index is -0.242. The van der Waals surface area contributed by atoms with E-state index in [-0.39, 0.29) is 19.1 Å². The highest BCUT2D eigenvalue weighted by Gasteiger charge is 2.15. The number of thiazole rings is 1. The number of hydrogen-bond acceptors (Lipinski definition) is 3. The summed E-state index contributed by atoms with van der Waals surface area (Å²) in [6.07, 6.45) is 1.56. The maximum atomic E-state index is 11.4. The lowest BCUT2D eigenvalue weighted by molar-refractivity contribution is -0.655. The molecular formula is C12H12NO2S+. The van der Waals surface area contributed by atoms with Crippen LogP contribution in [0, 0.1) is 0 Å². The molecule has 16 heavy (non-hydrogen) atoms. The van der Waals surface area contributed by atoms with Gasteiger partial charge in [0.05, 0.1) is 0 Å². The quantitative estimate of drug-likeness (QED) is 0.459. The number of carbonyl (C=O) groups excluding carboxylic acids is 1. The zero-order chi connectivity index (χ0) is 11.4. The number of ether oxygens (including phenoxy) is 1. The molecular weight excluding hydrogens is 222 g/mol. The average Bonchev–Trinajstić information content (AvgIpc) is 2.70. The molecule has 0 saturated heterocycles. The minimum Gasteiger partial charge on any atom is -0.457 e. The predicted octanol–water partition coefficient (Wildman–Crippen LogP) is 1.92. The van der Waals surface area contributed by atoms with Crippen molar-refractivity contribution in [2.24, 2.45) is 0 Å². The van der Waals surface area contributed by atoms with Crippen LogP contribution >= 0.6 is 11.3 Å². The summed E-state index contributed by atoms with van der Waals surface area (Å²) in [4.78, 5) is 11.4. The van der Waals surface area contributed by atoms with E-state index in [0.29, 0.717) is 0 Å². The molecule has 0 amide bonds. The molecule has 2 rings (SSSR count). The van der Waals surface area contributed by atoms with Gasteiger partial charge in [0.1, 0.15) is 11.3 Å². The van der Waals surface area contributed by atoms with E-state index in [1.807, 2.05) is 34.3 Å². The zero-order valence-electron chi connectivity index (χ0n) is 8.76. The topological polar surface area (TPSA) is 30.2 Å². The van der Waals surface area contributed by atoms with E-state index >= 15 is 0 Å². The number of hydrogen-bond donors (Lipinski definition) is 0. The van der Waals surface area contributed by atoms with Crippen LogP contribution in [0.2, 0.25) is 0 Å². The van der Waals surface area contributed by atoms with Crippen molar-refractivity contribution in [3.8, 4) is 0 Å². The molecule has 0 aliphatic carbocycles. The Bertz CT molecular complexity index is 518. The molecule has 82 valence electrons. The Morgan fingerprint density at radius 1 is 1.50 bits per heavy atom. The summed E-state index contributed by atoms with van der Waals surface area (Å²) < 4.78 is 8.00. The van der Waals surface area contributed by atoms with Crippen LogP contribution in [0.3, 0.4) is 0 Å². The lowest BCUT2D eigenvalue weighted by Gasteiger charge is -1.97. The van der Waals surface area contributed by atoms with Crippen molar-refractivity contribution in [2.75, 3.05) is 6.61 Å². The van der Waals surface area contributed by atoms with E-state index in [1.165, 1.54) is 4.70 Å². The van der Waals surface area contributed by atoms with Crippen molar-refractivity contribution in [3.63, 3.8) is 0 Å². The maximum absolute atomic E-state index is 11.4. The summed E-state index contributed by atoms with van der Waals surface area (Å²) in [6, 6.07) is 7.97.